The van der Waals surface area contributed by atoms with Crippen molar-refractivity contribution in [1.82, 2.24) is 0 Å². The number of hydrogen-bond acceptors (Lipinski definition) is 6. The maximum absolute atomic E-state index is 12.4. The van der Waals surface area contributed by atoms with Crippen molar-refractivity contribution in [2.75, 3.05) is 0 Å². The van der Waals surface area contributed by atoms with Crippen LogP contribution in [0.25, 0.3) is 21.5 Å². The van der Waals surface area contributed by atoms with E-state index in [4.69, 9.17) is 0 Å². The molecular formula is C80H134BaO6S2. The van der Waals surface area contributed by atoms with Crippen LogP contribution in [0.15, 0.2) is 70.5 Å². The van der Waals surface area contributed by atoms with Crippen LogP contribution in [0.3, 0.4) is 0 Å². The predicted molar refractivity (Wildman–Crippen MR) is 387 cm³/mol. The van der Waals surface area contributed by atoms with Crippen molar-refractivity contribution in [2.24, 2.45) is 0 Å². The molecular weight excluding hydrogens is 1260 g/mol. The second-order valence-corrected chi connectivity index (χ2v) is 29.6. The first-order valence-electron chi connectivity index (χ1n) is 38.0. The Hall–Kier alpha value is -1.21. The first-order chi connectivity index (χ1) is 43.0. The summed E-state index contributed by atoms with van der Waals surface area (Å²) in [5.41, 5.74) is 3.74. The molecule has 0 N–H and O–H groups in total. The molecule has 9 heteroatoms. The third kappa shape index (κ3) is 40.1. The molecule has 6 nitrogen and oxygen atoms in total. The van der Waals surface area contributed by atoms with E-state index in [1.165, 1.54) is 306 Å². The molecule has 504 valence electrons. The van der Waals surface area contributed by atoms with Crippen LogP contribution in [0.4, 0.5) is 0 Å². The van der Waals surface area contributed by atoms with Crippen molar-refractivity contribution in [3.8, 4) is 0 Å². The summed E-state index contributed by atoms with van der Waals surface area (Å²) in [5.74, 6) is 0. The van der Waals surface area contributed by atoms with E-state index in [-0.39, 0.29) is 58.7 Å². The molecule has 4 aromatic carbocycles. The topological polar surface area (TPSA) is 114 Å². The molecule has 0 aromatic heterocycles. The number of unbranched alkanes of at least 4 members (excludes halogenated alkanes) is 48. The molecule has 0 saturated carbocycles. The van der Waals surface area contributed by atoms with Gasteiger partial charge >= 0.3 is 48.9 Å². The van der Waals surface area contributed by atoms with E-state index >= 15 is 0 Å². The maximum Gasteiger partial charge on any atom is 2.00 e. The number of rotatable bonds is 58. The van der Waals surface area contributed by atoms with Crippen molar-refractivity contribution >= 4 is 90.7 Å². The van der Waals surface area contributed by atoms with Gasteiger partial charge in [0.25, 0.3) is 0 Å². The minimum atomic E-state index is -4.54. The molecule has 89 heavy (non-hydrogen) atoms. The van der Waals surface area contributed by atoms with Crippen molar-refractivity contribution in [2.45, 2.75) is 397 Å². The third-order valence-electron chi connectivity index (χ3n) is 19.1. The molecule has 0 aliphatic rings. The molecule has 0 bridgehead atoms. The van der Waals surface area contributed by atoms with Gasteiger partial charge in [0, 0.05) is 0 Å². The normalized spacial score (nSPS) is 11.8. The zero-order valence-electron chi connectivity index (χ0n) is 58.3. The van der Waals surface area contributed by atoms with E-state index in [1.807, 2.05) is 36.4 Å². The summed E-state index contributed by atoms with van der Waals surface area (Å²) >= 11 is 0. The van der Waals surface area contributed by atoms with Crippen LogP contribution >= 0.6 is 0 Å². The molecule has 0 amide bonds. The molecule has 0 spiro atoms. The molecule has 0 aliphatic heterocycles. The Kier molecular flexibility index (Phi) is 52.8. The van der Waals surface area contributed by atoms with Gasteiger partial charge in [-0.05, 0) is 95.2 Å². The van der Waals surface area contributed by atoms with E-state index < -0.39 is 20.2 Å². The van der Waals surface area contributed by atoms with Gasteiger partial charge in [-0.3, -0.25) is 0 Å². The van der Waals surface area contributed by atoms with Crippen LogP contribution in [0, 0.1) is 0 Å². The number of fused-ring (bicyclic) bond motifs is 2. The van der Waals surface area contributed by atoms with E-state index in [0.29, 0.717) is 34.7 Å². The average Bonchev–Trinajstić information content (AvgIpc) is 0.980. The van der Waals surface area contributed by atoms with Gasteiger partial charge in [-0.1, -0.05) is 397 Å². The molecule has 0 atom stereocenters. The minimum absolute atomic E-state index is 0. The zero-order valence-corrected chi connectivity index (χ0v) is 64.4. The standard InChI is InChI=1S/2C40H68O3S.Ba/c2*1-3-5-7-9-11-13-15-17-19-21-23-25-27-30-36-32-29-33-39-38(36)35-34-37(40(39)44(41,42)43)31-28-26-24-22-20-18-16-14-12-10-8-6-4-2;/h2*29,32-35H,3-28,30-31H2,1-2H3,(H,41,42,43);/q;;+2/p-2. The quantitative estimate of drug-likeness (QED) is 0.0247. The second-order valence-electron chi connectivity index (χ2n) is 27.0. The fraction of sp³-hybridized carbons (Fsp3) is 0.750. The fourth-order valence-corrected chi connectivity index (χ4v) is 15.5. The second kappa shape index (κ2) is 56.0. The summed E-state index contributed by atoms with van der Waals surface area (Å²) in [5, 5.41) is 3.13. The third-order valence-corrected chi connectivity index (χ3v) is 21.0. The van der Waals surface area contributed by atoms with E-state index in [1.54, 1.807) is 0 Å². The van der Waals surface area contributed by atoms with Crippen molar-refractivity contribution in [3.05, 3.63) is 82.9 Å². The smallest absolute Gasteiger partial charge is 0.744 e. The molecule has 0 aliphatic carbocycles. The Morgan fingerprint density at radius 1 is 0.225 bits per heavy atom. The zero-order chi connectivity index (χ0) is 63.4. The van der Waals surface area contributed by atoms with Crippen molar-refractivity contribution in [1.29, 1.82) is 0 Å². The summed E-state index contributed by atoms with van der Waals surface area (Å²) in [6, 6.07) is 19.7. The molecule has 0 radical (unpaired) electrons. The van der Waals surface area contributed by atoms with Gasteiger partial charge in [0.2, 0.25) is 0 Å². The predicted octanol–water partition coefficient (Wildman–Crippen LogP) is 25.6. The van der Waals surface area contributed by atoms with Gasteiger partial charge in [0.15, 0.2) is 0 Å². The molecule has 0 unspecified atom stereocenters. The Balaban J connectivity index is 0.000000600. The van der Waals surface area contributed by atoms with Gasteiger partial charge in [0.1, 0.15) is 20.2 Å². The van der Waals surface area contributed by atoms with Crippen LogP contribution in [0.2, 0.25) is 0 Å². The molecule has 0 saturated heterocycles. The number of hydrogen-bond donors (Lipinski definition) is 0. The van der Waals surface area contributed by atoms with Gasteiger partial charge in [0.05, 0.1) is 9.79 Å². The Morgan fingerprint density at radius 3 is 0.596 bits per heavy atom. The number of benzene rings is 4. The SMILES string of the molecule is CCCCCCCCCCCCCCCc1ccc2c(CCCCCCCCCCCCCCC)cccc2c1S(=O)(=O)[O-].CCCCCCCCCCCCCCCc1ccc2c(CCCCCCCCCCCCCCC)cccc2c1S(=O)(=O)[O-].[Ba+2]. The summed E-state index contributed by atoms with van der Waals surface area (Å²) in [4.78, 5) is 0.0577. The molecule has 4 aromatic rings. The summed E-state index contributed by atoms with van der Waals surface area (Å²) in [6.07, 6.45) is 71.2. The molecule has 4 rings (SSSR count). The first kappa shape index (κ1) is 83.9. The van der Waals surface area contributed by atoms with Crippen LogP contribution < -0.4 is 0 Å². The molecule has 0 heterocycles. The summed E-state index contributed by atoms with van der Waals surface area (Å²) in [7, 11) is -9.09. The van der Waals surface area contributed by atoms with Crippen LogP contribution in [-0.4, -0.2) is 74.8 Å². The van der Waals surface area contributed by atoms with E-state index in [9.17, 15) is 25.9 Å². The van der Waals surface area contributed by atoms with Crippen molar-refractivity contribution < 1.29 is 25.9 Å². The van der Waals surface area contributed by atoms with E-state index in [0.717, 1.165) is 62.1 Å². The Labute approximate surface area is 591 Å². The van der Waals surface area contributed by atoms with Crippen LogP contribution in [0.1, 0.15) is 384 Å². The monoisotopic (exact) mass is 1390 g/mol. The summed E-state index contributed by atoms with van der Waals surface area (Å²) < 4.78 is 74.7. The van der Waals surface area contributed by atoms with Gasteiger partial charge < -0.3 is 9.11 Å². The van der Waals surface area contributed by atoms with Crippen LogP contribution in [0.5, 0.6) is 0 Å². The van der Waals surface area contributed by atoms with Gasteiger partial charge in [-0.2, -0.15) is 0 Å². The van der Waals surface area contributed by atoms with Crippen LogP contribution in [-0.2, 0) is 45.9 Å². The summed E-state index contributed by atoms with van der Waals surface area (Å²) in [6.45, 7) is 9.08. The molecule has 0 fully saturated rings. The van der Waals surface area contributed by atoms with E-state index in [2.05, 4.69) is 52.0 Å². The first-order valence-corrected chi connectivity index (χ1v) is 40.8. The Morgan fingerprint density at radius 2 is 0.404 bits per heavy atom. The Bertz CT molecular complexity index is 2370. The minimum Gasteiger partial charge on any atom is -0.744 e. The largest absolute Gasteiger partial charge is 2.00 e. The fourth-order valence-electron chi connectivity index (χ4n) is 13.6. The van der Waals surface area contributed by atoms with Crippen molar-refractivity contribution in [3.63, 3.8) is 0 Å². The van der Waals surface area contributed by atoms with Gasteiger partial charge in [-0.25, -0.2) is 16.8 Å². The van der Waals surface area contributed by atoms with Gasteiger partial charge in [-0.15, -0.1) is 0 Å². The maximum atomic E-state index is 12.4. The number of aryl methyl sites for hydroxylation is 4. The average molecular weight is 1390 g/mol.